The molecule has 0 aromatic carbocycles. The van der Waals surface area contributed by atoms with Crippen molar-refractivity contribution in [2.45, 2.75) is 39.2 Å². The lowest BCUT2D eigenvalue weighted by atomic mass is 10.1. The van der Waals surface area contributed by atoms with Gasteiger partial charge in [-0.15, -0.1) is 6.42 Å². The van der Waals surface area contributed by atoms with Crippen molar-refractivity contribution in [3.8, 4) is 12.3 Å². The number of nitrogens with one attached hydrogen (secondary N) is 1. The van der Waals surface area contributed by atoms with Gasteiger partial charge in [0.1, 0.15) is 0 Å². The first-order chi connectivity index (χ1) is 6.24. The Labute approximate surface area is 81.7 Å². The minimum atomic E-state index is 0.212. The Hall–Kier alpha value is -0.520. The molecule has 0 saturated carbocycles. The molecule has 0 heterocycles. The van der Waals surface area contributed by atoms with E-state index in [0.29, 0.717) is 5.92 Å². The predicted octanol–water partition coefficient (Wildman–Crippen LogP) is 1.40. The topological polar surface area (TPSA) is 32.3 Å². The maximum atomic E-state index is 8.78. The minimum absolute atomic E-state index is 0.212. The van der Waals surface area contributed by atoms with Gasteiger partial charge in [-0.25, -0.2) is 0 Å². The van der Waals surface area contributed by atoms with Crippen LogP contribution in [0.3, 0.4) is 0 Å². The van der Waals surface area contributed by atoms with E-state index < -0.39 is 0 Å². The molecule has 0 radical (unpaired) electrons. The highest BCUT2D eigenvalue weighted by atomic mass is 16.3. The van der Waals surface area contributed by atoms with Crippen LogP contribution in [0.4, 0.5) is 0 Å². The van der Waals surface area contributed by atoms with Crippen molar-refractivity contribution in [3.05, 3.63) is 0 Å². The van der Waals surface area contributed by atoms with Gasteiger partial charge in [0, 0.05) is 6.61 Å². The Balaban J connectivity index is 3.30. The summed E-state index contributed by atoms with van der Waals surface area (Å²) < 4.78 is 0. The highest BCUT2D eigenvalue weighted by Gasteiger charge is 2.01. The van der Waals surface area contributed by atoms with Crippen LogP contribution < -0.4 is 5.32 Å². The molecule has 2 atom stereocenters. The van der Waals surface area contributed by atoms with Crippen LogP contribution in [-0.4, -0.2) is 24.3 Å². The fourth-order valence-corrected chi connectivity index (χ4v) is 1.14. The monoisotopic (exact) mass is 183 g/mol. The molecule has 0 fully saturated rings. The molecular formula is C11H21NO. The van der Waals surface area contributed by atoms with E-state index in [1.54, 1.807) is 0 Å². The van der Waals surface area contributed by atoms with Crippen LogP contribution in [0.5, 0.6) is 0 Å². The zero-order chi connectivity index (χ0) is 10.1. The van der Waals surface area contributed by atoms with Crippen LogP contribution in [0.15, 0.2) is 0 Å². The molecule has 13 heavy (non-hydrogen) atoms. The highest BCUT2D eigenvalue weighted by Crippen LogP contribution is 2.02. The van der Waals surface area contributed by atoms with Crippen molar-refractivity contribution in [2.24, 2.45) is 5.92 Å². The maximum Gasteiger partial charge on any atom is 0.0684 e. The zero-order valence-electron chi connectivity index (χ0n) is 8.71. The molecule has 0 spiro atoms. The van der Waals surface area contributed by atoms with Crippen molar-refractivity contribution in [2.75, 3.05) is 13.2 Å². The molecule has 2 nitrogen and oxygen atoms in total. The third kappa shape index (κ3) is 6.62. The van der Waals surface area contributed by atoms with Crippen LogP contribution in [0.25, 0.3) is 0 Å². The van der Waals surface area contributed by atoms with Gasteiger partial charge in [-0.05, 0) is 31.7 Å². The van der Waals surface area contributed by atoms with E-state index in [2.05, 4.69) is 25.1 Å². The Morgan fingerprint density at radius 2 is 2.23 bits per heavy atom. The van der Waals surface area contributed by atoms with E-state index in [-0.39, 0.29) is 12.6 Å². The van der Waals surface area contributed by atoms with Crippen molar-refractivity contribution in [3.63, 3.8) is 0 Å². The first-order valence-electron chi connectivity index (χ1n) is 5.05. The smallest absolute Gasteiger partial charge is 0.0684 e. The second kappa shape index (κ2) is 8.10. The van der Waals surface area contributed by atoms with E-state index in [1.807, 2.05) is 0 Å². The molecule has 0 aromatic heterocycles. The van der Waals surface area contributed by atoms with E-state index in [0.717, 1.165) is 25.8 Å². The van der Waals surface area contributed by atoms with Crippen LogP contribution in [0, 0.1) is 18.3 Å². The first-order valence-corrected chi connectivity index (χ1v) is 5.05. The number of terminal acetylenes is 1. The Morgan fingerprint density at radius 1 is 1.54 bits per heavy atom. The van der Waals surface area contributed by atoms with Crippen LogP contribution in [0.2, 0.25) is 0 Å². The van der Waals surface area contributed by atoms with Crippen molar-refractivity contribution in [1.29, 1.82) is 0 Å². The Kier molecular flexibility index (Phi) is 7.77. The molecular weight excluding hydrogens is 162 g/mol. The molecule has 2 N–H and O–H groups in total. The molecule has 0 rings (SSSR count). The van der Waals surface area contributed by atoms with E-state index in [1.165, 1.54) is 0 Å². The van der Waals surface area contributed by atoms with Gasteiger partial charge in [-0.2, -0.15) is 0 Å². The Bertz CT molecular complexity index is 151. The van der Waals surface area contributed by atoms with E-state index in [9.17, 15) is 0 Å². The summed E-state index contributed by atoms with van der Waals surface area (Å²) in [5.74, 6) is 3.10. The van der Waals surface area contributed by atoms with Crippen molar-refractivity contribution in [1.82, 2.24) is 5.32 Å². The number of aliphatic hydroxyl groups excluding tert-OH is 1. The van der Waals surface area contributed by atoms with Crippen LogP contribution >= 0.6 is 0 Å². The lowest BCUT2D eigenvalue weighted by molar-refractivity contribution is 0.228. The van der Waals surface area contributed by atoms with Gasteiger partial charge in [-0.3, -0.25) is 0 Å². The van der Waals surface area contributed by atoms with Gasteiger partial charge in [-0.1, -0.05) is 19.8 Å². The quantitative estimate of drug-likeness (QED) is 0.462. The fourth-order valence-electron chi connectivity index (χ4n) is 1.14. The third-order valence-corrected chi connectivity index (χ3v) is 2.19. The summed E-state index contributed by atoms with van der Waals surface area (Å²) in [6.07, 6.45) is 8.42. The molecule has 0 bridgehead atoms. The molecule has 0 aliphatic heterocycles. The largest absolute Gasteiger partial charge is 0.396 e. The highest BCUT2D eigenvalue weighted by molar-refractivity contribution is 4.97. The lowest BCUT2D eigenvalue weighted by Crippen LogP contribution is -2.27. The van der Waals surface area contributed by atoms with Gasteiger partial charge >= 0.3 is 0 Å². The van der Waals surface area contributed by atoms with Crippen LogP contribution in [0.1, 0.15) is 33.1 Å². The summed E-state index contributed by atoms with van der Waals surface area (Å²) in [5, 5.41) is 12.1. The molecule has 0 aliphatic rings. The number of rotatable bonds is 7. The summed E-state index contributed by atoms with van der Waals surface area (Å²) in [6.45, 7) is 5.37. The predicted molar refractivity (Wildman–Crippen MR) is 56.4 cm³/mol. The van der Waals surface area contributed by atoms with E-state index in [4.69, 9.17) is 11.5 Å². The van der Waals surface area contributed by atoms with Gasteiger partial charge in [0.15, 0.2) is 0 Å². The molecule has 0 aliphatic carbocycles. The zero-order valence-corrected chi connectivity index (χ0v) is 8.71. The SMILES string of the molecule is C#CC(CC)NCCCC(C)CO. The van der Waals surface area contributed by atoms with Crippen molar-refractivity contribution < 1.29 is 5.11 Å². The summed E-state index contributed by atoms with van der Waals surface area (Å²) in [4.78, 5) is 0. The van der Waals surface area contributed by atoms with Crippen molar-refractivity contribution >= 4 is 0 Å². The summed E-state index contributed by atoms with van der Waals surface area (Å²) in [6, 6.07) is 0.212. The second-order valence-electron chi connectivity index (χ2n) is 3.51. The number of aliphatic hydroxyl groups is 1. The van der Waals surface area contributed by atoms with Gasteiger partial charge in [0.05, 0.1) is 6.04 Å². The average molecular weight is 183 g/mol. The molecule has 76 valence electrons. The third-order valence-electron chi connectivity index (χ3n) is 2.19. The molecule has 2 heteroatoms. The number of hydrogen-bond donors (Lipinski definition) is 2. The average Bonchev–Trinajstić information content (AvgIpc) is 2.18. The van der Waals surface area contributed by atoms with E-state index >= 15 is 0 Å². The van der Waals surface area contributed by atoms with Gasteiger partial charge in [0.2, 0.25) is 0 Å². The summed E-state index contributed by atoms with van der Waals surface area (Å²) >= 11 is 0. The standard InChI is InChI=1S/C11H21NO/c1-4-11(5-2)12-8-6-7-10(3)9-13/h1,10-13H,5-9H2,2-3H3. The van der Waals surface area contributed by atoms with Gasteiger partial charge < -0.3 is 10.4 Å². The summed E-state index contributed by atoms with van der Waals surface area (Å²) in [5.41, 5.74) is 0. The van der Waals surface area contributed by atoms with Gasteiger partial charge in [0.25, 0.3) is 0 Å². The first kappa shape index (κ1) is 12.5. The molecule has 0 saturated heterocycles. The molecule has 2 unspecified atom stereocenters. The molecule has 0 aromatic rings. The second-order valence-corrected chi connectivity index (χ2v) is 3.51. The maximum absolute atomic E-state index is 8.78. The molecule has 0 amide bonds. The minimum Gasteiger partial charge on any atom is -0.396 e. The van der Waals surface area contributed by atoms with Crippen LogP contribution in [-0.2, 0) is 0 Å². The fraction of sp³-hybridized carbons (Fsp3) is 0.818. The summed E-state index contributed by atoms with van der Waals surface area (Å²) in [7, 11) is 0. The lowest BCUT2D eigenvalue weighted by Gasteiger charge is -2.11. The number of hydrogen-bond acceptors (Lipinski definition) is 2. The Morgan fingerprint density at radius 3 is 2.69 bits per heavy atom. The normalized spacial score (nSPS) is 14.9.